The lowest BCUT2D eigenvalue weighted by atomic mass is 10.0. The number of amides is 1. The molecule has 7 heteroatoms. The maximum absolute atomic E-state index is 12.4. The molecule has 3 aromatic carbocycles. The van der Waals surface area contributed by atoms with Crippen molar-refractivity contribution >= 4 is 17.3 Å². The number of ether oxygens (including phenoxy) is 1. The highest BCUT2D eigenvalue weighted by atomic mass is 16.6. The molecule has 0 aliphatic carbocycles. The minimum absolute atomic E-state index is 0.146. The predicted octanol–water partition coefficient (Wildman–Crippen LogP) is 5.41. The van der Waals surface area contributed by atoms with Gasteiger partial charge < -0.3 is 10.1 Å². The minimum Gasteiger partial charge on any atom is -0.465 e. The lowest BCUT2D eigenvalue weighted by Crippen LogP contribution is -2.13. The molecule has 0 saturated carbocycles. The Morgan fingerprint density at radius 2 is 1.53 bits per heavy atom. The largest absolute Gasteiger partial charge is 0.465 e. The van der Waals surface area contributed by atoms with Gasteiger partial charge in [-0.2, -0.15) is 0 Å². The van der Waals surface area contributed by atoms with Crippen molar-refractivity contribution in [3.63, 3.8) is 0 Å². The summed E-state index contributed by atoms with van der Waals surface area (Å²) >= 11 is 0. The second-order valence-electron chi connectivity index (χ2n) is 6.97. The average Bonchev–Trinajstić information content (AvgIpc) is 2.84. The number of hydrogen-bond acceptors (Lipinski definition) is 5. The highest BCUT2D eigenvalue weighted by Gasteiger charge is 2.17. The fourth-order valence-corrected chi connectivity index (χ4v) is 3.19. The van der Waals surface area contributed by atoms with Gasteiger partial charge >= 0.3 is 0 Å². The van der Waals surface area contributed by atoms with E-state index in [9.17, 15) is 14.9 Å². The zero-order valence-corrected chi connectivity index (χ0v) is 16.9. The van der Waals surface area contributed by atoms with Crippen molar-refractivity contribution in [2.75, 3.05) is 5.32 Å². The number of benzene rings is 3. The Morgan fingerprint density at radius 3 is 2.09 bits per heavy atom. The van der Waals surface area contributed by atoms with Gasteiger partial charge in [-0.15, -0.1) is 0 Å². The molecule has 7 nitrogen and oxygen atoms in total. The standard InChI is InChI=1S/C25H19N3O4/c29-25(20-12-7-13-22(16-20)28(30)31)27-21-14-15-23(26-17-21)32-24(18-8-3-1-4-9-18)19-10-5-2-6-11-19/h1-17,24H,(H,27,29). The lowest BCUT2D eigenvalue weighted by molar-refractivity contribution is -0.384. The number of non-ortho nitro benzene ring substituents is 1. The van der Waals surface area contributed by atoms with E-state index in [1.165, 1.54) is 30.5 Å². The van der Waals surface area contributed by atoms with Crippen molar-refractivity contribution in [3.05, 3.63) is 130 Å². The molecule has 0 unspecified atom stereocenters. The molecule has 1 heterocycles. The molecule has 0 spiro atoms. The number of nitro groups is 1. The zero-order valence-electron chi connectivity index (χ0n) is 16.9. The molecule has 1 aromatic heterocycles. The van der Waals surface area contributed by atoms with Crippen molar-refractivity contribution in [3.8, 4) is 5.88 Å². The van der Waals surface area contributed by atoms with Gasteiger partial charge in [-0.25, -0.2) is 4.98 Å². The highest BCUT2D eigenvalue weighted by Crippen LogP contribution is 2.28. The third kappa shape index (κ3) is 4.96. The van der Waals surface area contributed by atoms with E-state index in [0.29, 0.717) is 11.6 Å². The first-order chi connectivity index (χ1) is 15.6. The summed E-state index contributed by atoms with van der Waals surface area (Å²) in [5.41, 5.74) is 2.47. The molecule has 158 valence electrons. The van der Waals surface area contributed by atoms with Gasteiger partial charge in [0.25, 0.3) is 11.6 Å². The highest BCUT2D eigenvalue weighted by molar-refractivity contribution is 6.04. The maximum Gasteiger partial charge on any atom is 0.270 e. The molecule has 1 amide bonds. The molecule has 0 bridgehead atoms. The smallest absolute Gasteiger partial charge is 0.270 e. The first-order valence-corrected chi connectivity index (χ1v) is 9.88. The van der Waals surface area contributed by atoms with Crippen molar-refractivity contribution in [1.29, 1.82) is 0 Å². The SMILES string of the molecule is O=C(Nc1ccc(OC(c2ccccc2)c2ccccc2)nc1)c1cccc([N+](=O)[O-])c1. The third-order valence-electron chi connectivity index (χ3n) is 4.76. The van der Waals surface area contributed by atoms with E-state index in [-0.39, 0.29) is 17.4 Å². The summed E-state index contributed by atoms with van der Waals surface area (Å²) in [6.45, 7) is 0. The first-order valence-electron chi connectivity index (χ1n) is 9.88. The van der Waals surface area contributed by atoms with E-state index in [0.717, 1.165) is 11.1 Å². The number of aromatic nitrogens is 1. The number of nitro benzene ring substituents is 1. The van der Waals surface area contributed by atoms with Gasteiger partial charge in [0.1, 0.15) is 0 Å². The van der Waals surface area contributed by atoms with Crippen LogP contribution in [0.2, 0.25) is 0 Å². The van der Waals surface area contributed by atoms with E-state index in [2.05, 4.69) is 10.3 Å². The first kappa shape index (κ1) is 20.7. The molecule has 4 aromatic rings. The van der Waals surface area contributed by atoms with Crippen LogP contribution in [0.1, 0.15) is 27.6 Å². The van der Waals surface area contributed by atoms with Gasteiger partial charge in [0.05, 0.1) is 16.8 Å². The Bertz CT molecular complexity index is 1170. The summed E-state index contributed by atoms with van der Waals surface area (Å²) in [5.74, 6) is -0.0633. The van der Waals surface area contributed by atoms with Gasteiger partial charge in [0.15, 0.2) is 6.10 Å². The fraction of sp³-hybridized carbons (Fsp3) is 0.0400. The Hall–Kier alpha value is -4.52. The van der Waals surface area contributed by atoms with Crippen LogP contribution in [0.3, 0.4) is 0 Å². The monoisotopic (exact) mass is 425 g/mol. The molecule has 0 saturated heterocycles. The van der Waals surface area contributed by atoms with Gasteiger partial charge in [-0.1, -0.05) is 66.7 Å². The van der Waals surface area contributed by atoms with E-state index < -0.39 is 10.8 Å². The summed E-state index contributed by atoms with van der Waals surface area (Å²) in [7, 11) is 0. The summed E-state index contributed by atoms with van der Waals surface area (Å²) in [4.78, 5) is 27.1. The summed E-state index contributed by atoms with van der Waals surface area (Å²) in [6.07, 6.45) is 1.15. The topological polar surface area (TPSA) is 94.4 Å². The number of hydrogen-bond donors (Lipinski definition) is 1. The Kier molecular flexibility index (Phi) is 6.17. The molecule has 0 aliphatic heterocycles. The zero-order chi connectivity index (χ0) is 22.3. The predicted molar refractivity (Wildman–Crippen MR) is 121 cm³/mol. The van der Waals surface area contributed by atoms with Crippen LogP contribution in [-0.2, 0) is 0 Å². The number of carbonyl (C=O) groups is 1. The second kappa shape index (κ2) is 9.53. The average molecular weight is 425 g/mol. The van der Waals surface area contributed by atoms with Gasteiger partial charge in [0, 0.05) is 23.8 Å². The molecular weight excluding hydrogens is 406 g/mol. The van der Waals surface area contributed by atoms with Crippen LogP contribution in [0.4, 0.5) is 11.4 Å². The molecule has 1 N–H and O–H groups in total. The van der Waals surface area contributed by atoms with Gasteiger partial charge in [-0.05, 0) is 23.3 Å². The third-order valence-corrected chi connectivity index (χ3v) is 4.76. The van der Waals surface area contributed by atoms with Crippen LogP contribution < -0.4 is 10.1 Å². The van der Waals surface area contributed by atoms with Gasteiger partial charge in [-0.3, -0.25) is 14.9 Å². The second-order valence-corrected chi connectivity index (χ2v) is 6.97. The summed E-state index contributed by atoms with van der Waals surface area (Å²) in [6, 6.07) is 28.6. The van der Waals surface area contributed by atoms with E-state index in [4.69, 9.17) is 4.74 Å². The van der Waals surface area contributed by atoms with E-state index >= 15 is 0 Å². The molecule has 4 rings (SSSR count). The van der Waals surface area contributed by atoms with Crippen LogP contribution in [0.25, 0.3) is 0 Å². The van der Waals surface area contributed by atoms with Crippen LogP contribution in [-0.4, -0.2) is 15.8 Å². The van der Waals surface area contributed by atoms with E-state index in [1.54, 1.807) is 12.1 Å². The molecule has 0 aliphatic rings. The number of nitrogens with one attached hydrogen (secondary N) is 1. The molecule has 0 atom stereocenters. The summed E-state index contributed by atoms with van der Waals surface area (Å²) in [5, 5.41) is 13.6. The lowest BCUT2D eigenvalue weighted by Gasteiger charge is -2.19. The number of nitrogens with zero attached hydrogens (tertiary/aromatic N) is 2. The number of pyridine rings is 1. The minimum atomic E-state index is -0.541. The molecular formula is C25H19N3O4. The van der Waals surface area contributed by atoms with E-state index in [1.807, 2.05) is 60.7 Å². The maximum atomic E-state index is 12.4. The summed E-state index contributed by atoms with van der Waals surface area (Å²) < 4.78 is 6.17. The number of rotatable bonds is 7. The normalized spacial score (nSPS) is 10.5. The quantitative estimate of drug-likeness (QED) is 0.316. The Balaban J connectivity index is 1.50. The van der Waals surface area contributed by atoms with Crippen molar-refractivity contribution in [2.24, 2.45) is 0 Å². The number of anilines is 1. The van der Waals surface area contributed by atoms with Crippen molar-refractivity contribution < 1.29 is 14.5 Å². The fourth-order valence-electron chi connectivity index (χ4n) is 3.19. The molecule has 32 heavy (non-hydrogen) atoms. The van der Waals surface area contributed by atoms with Crippen LogP contribution in [0.15, 0.2) is 103 Å². The Labute approximate surface area is 184 Å². The Morgan fingerprint density at radius 1 is 0.875 bits per heavy atom. The van der Waals surface area contributed by atoms with Crippen molar-refractivity contribution in [2.45, 2.75) is 6.10 Å². The molecule has 0 radical (unpaired) electrons. The number of carbonyl (C=O) groups excluding carboxylic acids is 1. The van der Waals surface area contributed by atoms with Crippen LogP contribution >= 0.6 is 0 Å². The molecule has 0 fully saturated rings. The van der Waals surface area contributed by atoms with Crippen molar-refractivity contribution in [1.82, 2.24) is 4.98 Å². The van der Waals surface area contributed by atoms with Crippen LogP contribution in [0.5, 0.6) is 5.88 Å². The van der Waals surface area contributed by atoms with Gasteiger partial charge in [0.2, 0.25) is 5.88 Å². The van der Waals surface area contributed by atoms with Crippen LogP contribution in [0, 0.1) is 10.1 Å².